The van der Waals surface area contributed by atoms with Gasteiger partial charge in [0.05, 0.1) is 11.8 Å². The predicted molar refractivity (Wildman–Crippen MR) is 59.5 cm³/mol. The van der Waals surface area contributed by atoms with Crippen LogP contribution in [0.1, 0.15) is 23.7 Å². The Balaban J connectivity index is 2.68. The van der Waals surface area contributed by atoms with Crippen LogP contribution in [0.25, 0.3) is 0 Å². The third-order valence-electron chi connectivity index (χ3n) is 1.98. The molecule has 0 saturated carbocycles. The molecule has 5 heteroatoms. The van der Waals surface area contributed by atoms with Crippen LogP contribution in [0.5, 0.6) is 0 Å². The molecule has 0 spiro atoms. The lowest BCUT2D eigenvalue weighted by molar-refractivity contribution is 0.0939. The van der Waals surface area contributed by atoms with E-state index in [1.54, 1.807) is 0 Å². The number of halogens is 2. The smallest absolute Gasteiger partial charge is 0.253 e. The third-order valence-corrected chi connectivity index (χ3v) is 2.76. The summed E-state index contributed by atoms with van der Waals surface area (Å²) in [6.45, 7) is 1.97. The number of carbonyl (C=O) groups is 1. The number of nitrogens with one attached hydrogen (secondary N) is 1. The van der Waals surface area contributed by atoms with Crippen LogP contribution in [0.2, 0.25) is 0 Å². The second kappa shape index (κ2) is 5.80. The fourth-order valence-corrected chi connectivity index (χ4v) is 1.67. The Morgan fingerprint density at radius 3 is 2.93 bits per heavy atom. The molecule has 0 aromatic carbocycles. The first kappa shape index (κ1) is 12.1. The van der Waals surface area contributed by atoms with Crippen molar-refractivity contribution in [3.05, 3.63) is 29.8 Å². The molecule has 1 aromatic rings. The Morgan fingerprint density at radius 1 is 1.67 bits per heavy atom. The Morgan fingerprint density at radius 2 is 2.40 bits per heavy atom. The lowest BCUT2D eigenvalue weighted by Crippen LogP contribution is -2.35. The summed E-state index contributed by atoms with van der Waals surface area (Å²) < 4.78 is 12.8. The Hall–Kier alpha value is -0.970. The second-order valence-corrected chi connectivity index (χ2v) is 3.77. The molecule has 1 atom stereocenters. The summed E-state index contributed by atoms with van der Waals surface area (Å²) in [5, 5.41) is 3.45. The third kappa shape index (κ3) is 3.58. The van der Waals surface area contributed by atoms with Crippen LogP contribution < -0.4 is 5.32 Å². The molecule has 0 aliphatic heterocycles. The molecule has 1 rings (SSSR count). The molecule has 0 radical (unpaired) electrons. The molecule has 1 aromatic heterocycles. The number of alkyl halides is 1. The zero-order chi connectivity index (χ0) is 11.3. The van der Waals surface area contributed by atoms with Crippen molar-refractivity contribution in [1.29, 1.82) is 0 Å². The average molecular weight is 275 g/mol. The van der Waals surface area contributed by atoms with Gasteiger partial charge in [-0.1, -0.05) is 22.9 Å². The maximum absolute atomic E-state index is 12.8. The van der Waals surface area contributed by atoms with Crippen molar-refractivity contribution < 1.29 is 9.18 Å². The standard InChI is InChI=1S/C10H12BrFN2O/c1-2-9(4-11)14-10(15)7-3-8(12)6-13-5-7/h3,5-6,9H,2,4H2,1H3,(H,14,15). The summed E-state index contributed by atoms with van der Waals surface area (Å²) >= 11 is 3.29. The first-order valence-corrected chi connectivity index (χ1v) is 5.77. The van der Waals surface area contributed by atoms with Crippen LogP contribution in [0.15, 0.2) is 18.5 Å². The molecule has 0 bridgehead atoms. The van der Waals surface area contributed by atoms with Gasteiger partial charge in [0.1, 0.15) is 5.82 Å². The minimum Gasteiger partial charge on any atom is -0.348 e. The summed E-state index contributed by atoms with van der Waals surface area (Å²) in [5.74, 6) is -0.803. The van der Waals surface area contributed by atoms with E-state index in [0.717, 1.165) is 12.6 Å². The number of carbonyl (C=O) groups excluding carboxylic acids is 1. The molecule has 1 N–H and O–H groups in total. The Kier molecular flexibility index (Phi) is 4.68. The molecule has 0 saturated heterocycles. The highest BCUT2D eigenvalue weighted by atomic mass is 79.9. The topological polar surface area (TPSA) is 42.0 Å². The van der Waals surface area contributed by atoms with Gasteiger partial charge in [-0.15, -0.1) is 0 Å². The van der Waals surface area contributed by atoms with Crippen LogP contribution in [0, 0.1) is 5.82 Å². The SMILES string of the molecule is CCC(CBr)NC(=O)c1cncc(F)c1. The Labute approximate surface area is 96.2 Å². The Bertz CT molecular complexity index is 342. The first-order valence-electron chi connectivity index (χ1n) is 4.64. The van der Waals surface area contributed by atoms with Crippen LogP contribution in [-0.2, 0) is 0 Å². The van der Waals surface area contributed by atoms with Crippen molar-refractivity contribution in [2.45, 2.75) is 19.4 Å². The molecular formula is C10H12BrFN2O. The normalized spacial score (nSPS) is 12.2. The summed E-state index contributed by atoms with van der Waals surface area (Å²) in [4.78, 5) is 15.2. The van der Waals surface area contributed by atoms with Gasteiger partial charge in [0.2, 0.25) is 0 Å². The molecule has 15 heavy (non-hydrogen) atoms. The molecule has 0 aliphatic rings. The molecule has 3 nitrogen and oxygen atoms in total. The zero-order valence-electron chi connectivity index (χ0n) is 8.34. The van der Waals surface area contributed by atoms with Crippen LogP contribution in [0.4, 0.5) is 4.39 Å². The van der Waals surface area contributed by atoms with Gasteiger partial charge < -0.3 is 5.32 Å². The summed E-state index contributed by atoms with van der Waals surface area (Å²) in [5.41, 5.74) is 0.245. The van der Waals surface area contributed by atoms with Crippen LogP contribution in [-0.4, -0.2) is 22.3 Å². The van der Waals surface area contributed by atoms with Gasteiger partial charge in [-0.05, 0) is 12.5 Å². The largest absolute Gasteiger partial charge is 0.348 e. The number of hydrogen-bond acceptors (Lipinski definition) is 2. The van der Waals surface area contributed by atoms with E-state index < -0.39 is 5.82 Å². The fraction of sp³-hybridized carbons (Fsp3) is 0.400. The number of nitrogens with zero attached hydrogens (tertiary/aromatic N) is 1. The van der Waals surface area contributed by atoms with Gasteiger partial charge in [0.25, 0.3) is 5.91 Å². The summed E-state index contributed by atoms with van der Waals surface area (Å²) in [6, 6.07) is 1.23. The average Bonchev–Trinajstić information content (AvgIpc) is 2.25. The number of aromatic nitrogens is 1. The molecule has 0 fully saturated rings. The number of hydrogen-bond donors (Lipinski definition) is 1. The van der Waals surface area contributed by atoms with E-state index in [4.69, 9.17) is 0 Å². The van der Waals surface area contributed by atoms with E-state index in [1.165, 1.54) is 12.3 Å². The van der Waals surface area contributed by atoms with Gasteiger partial charge in [0, 0.05) is 17.6 Å². The fourth-order valence-electron chi connectivity index (χ4n) is 1.05. The maximum Gasteiger partial charge on any atom is 0.253 e. The minimum atomic E-state index is -0.505. The lowest BCUT2D eigenvalue weighted by atomic mass is 10.2. The number of amides is 1. The van der Waals surface area contributed by atoms with Crippen molar-refractivity contribution in [3.8, 4) is 0 Å². The molecule has 1 heterocycles. The summed E-state index contributed by atoms with van der Waals surface area (Å²) in [7, 11) is 0. The summed E-state index contributed by atoms with van der Waals surface area (Å²) in [6.07, 6.45) is 3.23. The van der Waals surface area contributed by atoms with Crippen LogP contribution in [0.3, 0.4) is 0 Å². The highest BCUT2D eigenvalue weighted by Crippen LogP contribution is 2.03. The monoisotopic (exact) mass is 274 g/mol. The van der Waals surface area contributed by atoms with E-state index in [2.05, 4.69) is 26.2 Å². The van der Waals surface area contributed by atoms with Crippen molar-refractivity contribution in [3.63, 3.8) is 0 Å². The van der Waals surface area contributed by atoms with Crippen molar-refractivity contribution in [2.24, 2.45) is 0 Å². The predicted octanol–water partition coefficient (Wildman–Crippen LogP) is 2.12. The van der Waals surface area contributed by atoms with E-state index in [0.29, 0.717) is 5.33 Å². The highest BCUT2D eigenvalue weighted by molar-refractivity contribution is 9.09. The zero-order valence-corrected chi connectivity index (χ0v) is 9.92. The van der Waals surface area contributed by atoms with Gasteiger partial charge in [-0.25, -0.2) is 4.39 Å². The van der Waals surface area contributed by atoms with Gasteiger partial charge in [-0.2, -0.15) is 0 Å². The lowest BCUT2D eigenvalue weighted by Gasteiger charge is -2.13. The van der Waals surface area contributed by atoms with Crippen molar-refractivity contribution in [1.82, 2.24) is 10.3 Å². The number of rotatable bonds is 4. The molecule has 0 aliphatic carbocycles. The van der Waals surface area contributed by atoms with Gasteiger partial charge >= 0.3 is 0 Å². The first-order chi connectivity index (χ1) is 7.17. The minimum absolute atomic E-state index is 0.0563. The van der Waals surface area contributed by atoms with Gasteiger partial charge in [0.15, 0.2) is 0 Å². The van der Waals surface area contributed by atoms with E-state index in [-0.39, 0.29) is 17.5 Å². The molecule has 1 unspecified atom stereocenters. The van der Waals surface area contributed by atoms with Crippen molar-refractivity contribution in [2.75, 3.05) is 5.33 Å². The highest BCUT2D eigenvalue weighted by Gasteiger charge is 2.11. The molecule has 1 amide bonds. The van der Waals surface area contributed by atoms with E-state index in [9.17, 15) is 9.18 Å². The second-order valence-electron chi connectivity index (χ2n) is 3.12. The number of pyridine rings is 1. The van der Waals surface area contributed by atoms with E-state index >= 15 is 0 Å². The maximum atomic E-state index is 12.8. The van der Waals surface area contributed by atoms with Crippen LogP contribution >= 0.6 is 15.9 Å². The molecule has 82 valence electrons. The van der Waals surface area contributed by atoms with Gasteiger partial charge in [-0.3, -0.25) is 9.78 Å². The van der Waals surface area contributed by atoms with Crippen molar-refractivity contribution >= 4 is 21.8 Å². The molecular weight excluding hydrogens is 263 g/mol. The quantitative estimate of drug-likeness (QED) is 0.855. The van der Waals surface area contributed by atoms with E-state index in [1.807, 2.05) is 6.92 Å².